The van der Waals surface area contributed by atoms with E-state index in [0.717, 1.165) is 10.5 Å². The Kier molecular flexibility index (Phi) is 3.58. The van der Waals surface area contributed by atoms with Crippen LogP contribution in [0.15, 0.2) is 18.2 Å². The molecule has 1 atom stereocenters. The van der Waals surface area contributed by atoms with Gasteiger partial charge in [-0.1, -0.05) is 18.7 Å². The summed E-state index contributed by atoms with van der Waals surface area (Å²) in [4.78, 5) is 24.4. The maximum absolute atomic E-state index is 11.9. The molecule has 18 heavy (non-hydrogen) atoms. The highest BCUT2D eigenvalue weighted by atomic mass is 32.1. The van der Waals surface area contributed by atoms with Crippen LogP contribution in [-0.2, 0) is 11.2 Å². The van der Waals surface area contributed by atoms with Crippen LogP contribution in [0.2, 0.25) is 0 Å². The molecule has 0 saturated carbocycles. The van der Waals surface area contributed by atoms with Gasteiger partial charge in [-0.2, -0.15) is 0 Å². The Labute approximate surface area is 110 Å². The minimum atomic E-state index is -0.686. The number of rotatable bonds is 2. The van der Waals surface area contributed by atoms with Gasteiger partial charge in [-0.3, -0.25) is 9.59 Å². The van der Waals surface area contributed by atoms with Crippen LogP contribution in [0.25, 0.3) is 0 Å². The van der Waals surface area contributed by atoms with Gasteiger partial charge in [0.05, 0.1) is 5.69 Å². The van der Waals surface area contributed by atoms with Gasteiger partial charge >= 0.3 is 0 Å². The molecule has 0 fully saturated rings. The van der Waals surface area contributed by atoms with Crippen molar-refractivity contribution >= 4 is 29.5 Å². The van der Waals surface area contributed by atoms with Gasteiger partial charge in [0.25, 0.3) is 11.1 Å². The number of carbonyl (C=O) groups is 2. The van der Waals surface area contributed by atoms with Gasteiger partial charge in [-0.25, -0.2) is 4.90 Å². The van der Waals surface area contributed by atoms with Gasteiger partial charge in [-0.05, 0) is 37.6 Å². The Bertz CT molecular complexity index is 504. The molecule has 6 heteroatoms. The van der Waals surface area contributed by atoms with Crippen LogP contribution in [0.1, 0.15) is 12.5 Å². The summed E-state index contributed by atoms with van der Waals surface area (Å²) in [6.45, 7) is 2.10. The Balaban J connectivity index is 2.48. The second-order valence-corrected chi connectivity index (χ2v) is 4.44. The molecular formula is C12H14N2O3S. The summed E-state index contributed by atoms with van der Waals surface area (Å²) in [7, 11) is 0. The summed E-state index contributed by atoms with van der Waals surface area (Å²) in [6.07, 6.45) is -0.0139. The van der Waals surface area contributed by atoms with Crippen LogP contribution in [0.4, 0.5) is 10.5 Å². The van der Waals surface area contributed by atoms with E-state index in [1.54, 1.807) is 19.1 Å². The molecule has 2 rings (SSSR count). The fourth-order valence-corrected chi connectivity index (χ4v) is 2.10. The number of imide groups is 1. The zero-order valence-corrected chi connectivity index (χ0v) is 10.8. The standard InChI is InChI=1S/C12H14N2O3S/c1-7-11(15)14(12(16)18)9-6-8(4-5-13)2-3-10(9)17-7/h2-3,6-7H,4-5,13H2,1H3,(H,16,18). The van der Waals surface area contributed by atoms with Crippen LogP contribution in [0.3, 0.4) is 0 Å². The van der Waals surface area contributed by atoms with Crippen molar-refractivity contribution in [2.45, 2.75) is 19.4 Å². The highest BCUT2D eigenvalue weighted by molar-refractivity contribution is 7.97. The quantitative estimate of drug-likeness (QED) is 0.793. The maximum Gasteiger partial charge on any atom is 0.290 e. The third-order valence-electron chi connectivity index (χ3n) is 2.76. The topological polar surface area (TPSA) is 72.6 Å². The zero-order chi connectivity index (χ0) is 13.3. The molecule has 1 aliphatic heterocycles. The van der Waals surface area contributed by atoms with E-state index < -0.39 is 17.3 Å². The Hall–Kier alpha value is -1.53. The molecule has 1 aliphatic rings. The van der Waals surface area contributed by atoms with Crippen molar-refractivity contribution in [3.05, 3.63) is 23.8 Å². The van der Waals surface area contributed by atoms with Crippen LogP contribution < -0.4 is 15.4 Å². The monoisotopic (exact) mass is 266 g/mol. The average molecular weight is 266 g/mol. The minimum absolute atomic E-state index is 0.410. The number of hydrogen-bond donors (Lipinski definition) is 2. The van der Waals surface area contributed by atoms with Crippen molar-refractivity contribution in [1.82, 2.24) is 0 Å². The van der Waals surface area contributed by atoms with Crippen molar-refractivity contribution in [1.29, 1.82) is 0 Å². The van der Waals surface area contributed by atoms with Crippen LogP contribution in [0, 0.1) is 0 Å². The molecule has 1 aromatic carbocycles. The van der Waals surface area contributed by atoms with Crippen LogP contribution >= 0.6 is 12.6 Å². The van der Waals surface area contributed by atoms with Crippen LogP contribution in [-0.4, -0.2) is 23.8 Å². The number of nitrogens with zero attached hydrogens (tertiary/aromatic N) is 1. The van der Waals surface area contributed by atoms with Crippen molar-refractivity contribution in [2.24, 2.45) is 5.73 Å². The SMILES string of the molecule is CC1Oc2ccc(CCN)cc2N(C(=O)S)C1=O. The maximum atomic E-state index is 11.9. The molecule has 5 nitrogen and oxygen atoms in total. The largest absolute Gasteiger partial charge is 0.479 e. The van der Waals surface area contributed by atoms with Crippen molar-refractivity contribution < 1.29 is 14.3 Å². The van der Waals surface area contributed by atoms with E-state index in [0.29, 0.717) is 24.4 Å². The predicted octanol–water partition coefficient (Wildman–Crippen LogP) is 1.35. The summed E-state index contributed by atoms with van der Waals surface area (Å²) < 4.78 is 5.45. The van der Waals surface area contributed by atoms with Gasteiger partial charge < -0.3 is 10.5 Å². The van der Waals surface area contributed by atoms with Gasteiger partial charge in [0.2, 0.25) is 0 Å². The molecule has 0 bridgehead atoms. The number of anilines is 1. The number of hydrogen-bond acceptors (Lipinski definition) is 4. The van der Waals surface area contributed by atoms with E-state index in [1.165, 1.54) is 0 Å². The van der Waals surface area contributed by atoms with Gasteiger partial charge in [-0.15, -0.1) is 0 Å². The molecule has 2 N–H and O–H groups in total. The smallest absolute Gasteiger partial charge is 0.290 e. The number of amides is 2. The average Bonchev–Trinajstić information content (AvgIpc) is 2.31. The van der Waals surface area contributed by atoms with E-state index in [9.17, 15) is 9.59 Å². The van der Waals surface area contributed by atoms with E-state index in [-0.39, 0.29) is 0 Å². The van der Waals surface area contributed by atoms with Gasteiger partial charge in [0, 0.05) is 0 Å². The molecule has 2 amide bonds. The number of carbonyl (C=O) groups excluding carboxylic acids is 2. The molecule has 0 saturated heterocycles. The molecule has 1 unspecified atom stereocenters. The van der Waals surface area contributed by atoms with E-state index in [2.05, 4.69) is 12.6 Å². The fourth-order valence-electron chi connectivity index (χ4n) is 1.90. The highest BCUT2D eigenvalue weighted by Crippen LogP contribution is 2.35. The first kappa shape index (κ1) is 12.9. The zero-order valence-electron chi connectivity index (χ0n) is 9.92. The van der Waals surface area contributed by atoms with E-state index in [1.807, 2.05) is 6.07 Å². The lowest BCUT2D eigenvalue weighted by Crippen LogP contribution is -2.45. The first-order valence-electron chi connectivity index (χ1n) is 5.61. The molecule has 1 aromatic rings. The third-order valence-corrected chi connectivity index (χ3v) is 2.96. The predicted molar refractivity (Wildman–Crippen MR) is 71.2 cm³/mol. The molecule has 0 radical (unpaired) electrons. The normalized spacial score (nSPS) is 18.3. The molecule has 1 heterocycles. The molecule has 0 aromatic heterocycles. The summed E-state index contributed by atoms with van der Waals surface area (Å²) in [5.41, 5.74) is 6.87. The van der Waals surface area contributed by atoms with Gasteiger partial charge in [0.15, 0.2) is 6.10 Å². The molecule has 96 valence electrons. The molecule has 0 spiro atoms. The number of ether oxygens (including phenoxy) is 1. The number of benzene rings is 1. The highest BCUT2D eigenvalue weighted by Gasteiger charge is 2.34. The summed E-state index contributed by atoms with van der Waals surface area (Å²) in [5.74, 6) is 0.0951. The minimum Gasteiger partial charge on any atom is -0.479 e. The lowest BCUT2D eigenvalue weighted by molar-refractivity contribution is -0.124. The number of fused-ring (bicyclic) bond motifs is 1. The Morgan fingerprint density at radius 2 is 2.28 bits per heavy atom. The van der Waals surface area contributed by atoms with E-state index >= 15 is 0 Å². The number of nitrogens with two attached hydrogens (primary N) is 1. The Morgan fingerprint density at radius 1 is 1.56 bits per heavy atom. The summed E-state index contributed by atoms with van der Waals surface area (Å²) in [6, 6.07) is 5.35. The van der Waals surface area contributed by atoms with Crippen molar-refractivity contribution in [3.63, 3.8) is 0 Å². The second kappa shape index (κ2) is 4.99. The van der Waals surface area contributed by atoms with E-state index in [4.69, 9.17) is 10.5 Å². The second-order valence-electron chi connectivity index (χ2n) is 4.06. The van der Waals surface area contributed by atoms with Crippen molar-refractivity contribution in [3.8, 4) is 5.75 Å². The van der Waals surface area contributed by atoms with Crippen LogP contribution in [0.5, 0.6) is 5.75 Å². The summed E-state index contributed by atoms with van der Waals surface area (Å²) >= 11 is 3.74. The van der Waals surface area contributed by atoms with Gasteiger partial charge in [0.1, 0.15) is 5.75 Å². The molecular weight excluding hydrogens is 252 g/mol. The van der Waals surface area contributed by atoms with Crippen molar-refractivity contribution in [2.75, 3.05) is 11.4 Å². The number of thiol groups is 1. The lowest BCUT2D eigenvalue weighted by Gasteiger charge is -2.30. The fraction of sp³-hybridized carbons (Fsp3) is 0.333. The lowest BCUT2D eigenvalue weighted by atomic mass is 10.1. The first-order chi connectivity index (χ1) is 8.54. The summed E-state index contributed by atoms with van der Waals surface area (Å²) in [5, 5.41) is -0.610. The third kappa shape index (κ3) is 2.21. The molecule has 0 aliphatic carbocycles. The Morgan fingerprint density at radius 3 is 2.89 bits per heavy atom. The first-order valence-corrected chi connectivity index (χ1v) is 6.06.